The number of sulfone groups is 1. The Morgan fingerprint density at radius 2 is 1.94 bits per heavy atom. The molecule has 2 rings (SSSR count). The van der Waals surface area contributed by atoms with Crippen LogP contribution >= 0.6 is 0 Å². The van der Waals surface area contributed by atoms with E-state index in [2.05, 4.69) is 15.5 Å². The average Bonchev–Trinajstić information content (AvgIpc) is 2.78. The van der Waals surface area contributed by atoms with Gasteiger partial charge in [-0.15, -0.1) is 0 Å². The van der Waals surface area contributed by atoms with Crippen LogP contribution in [-0.2, 0) is 14.6 Å². The standard InChI is InChI=1S/C11H19N3O3S/c1-11(2,18(3,15)16)10-13-9(14-17-10)8-4-6-12-7-5-8/h8,12H,4-7H2,1-3H3. The third-order valence-corrected chi connectivity index (χ3v) is 5.62. The third-order valence-electron chi connectivity index (χ3n) is 3.59. The van der Waals surface area contributed by atoms with Crippen LogP contribution in [0.5, 0.6) is 0 Å². The van der Waals surface area contributed by atoms with Gasteiger partial charge < -0.3 is 9.84 Å². The number of aromatic nitrogens is 2. The van der Waals surface area contributed by atoms with Gasteiger partial charge >= 0.3 is 0 Å². The lowest BCUT2D eigenvalue weighted by Gasteiger charge is -2.19. The molecule has 2 heterocycles. The van der Waals surface area contributed by atoms with Crippen LogP contribution < -0.4 is 5.32 Å². The maximum Gasteiger partial charge on any atom is 0.247 e. The summed E-state index contributed by atoms with van der Waals surface area (Å²) in [5, 5.41) is 7.21. The minimum absolute atomic E-state index is 0.179. The van der Waals surface area contributed by atoms with E-state index in [4.69, 9.17) is 4.52 Å². The first-order chi connectivity index (χ1) is 8.32. The quantitative estimate of drug-likeness (QED) is 0.877. The molecule has 7 heteroatoms. The number of hydrogen-bond acceptors (Lipinski definition) is 6. The van der Waals surface area contributed by atoms with Gasteiger partial charge in [0.2, 0.25) is 5.89 Å². The molecule has 1 saturated heterocycles. The molecule has 18 heavy (non-hydrogen) atoms. The summed E-state index contributed by atoms with van der Waals surface area (Å²) in [6, 6.07) is 0. The first kappa shape index (κ1) is 13.5. The lowest BCUT2D eigenvalue weighted by atomic mass is 9.97. The van der Waals surface area contributed by atoms with E-state index in [9.17, 15) is 8.42 Å². The van der Waals surface area contributed by atoms with Crippen LogP contribution in [0.3, 0.4) is 0 Å². The SMILES string of the molecule is CC(C)(c1nc(C2CCNCC2)no1)S(C)(=O)=O. The second-order valence-corrected chi connectivity index (χ2v) is 7.83. The van der Waals surface area contributed by atoms with Gasteiger partial charge in [0.15, 0.2) is 15.7 Å². The Hall–Kier alpha value is -0.950. The van der Waals surface area contributed by atoms with E-state index in [-0.39, 0.29) is 11.8 Å². The molecule has 1 aliphatic heterocycles. The predicted octanol–water partition coefficient (Wildman–Crippen LogP) is 0.816. The maximum absolute atomic E-state index is 11.7. The normalized spacial score (nSPS) is 19.1. The molecule has 1 aromatic heterocycles. The van der Waals surface area contributed by atoms with Crippen molar-refractivity contribution in [3.63, 3.8) is 0 Å². The van der Waals surface area contributed by atoms with E-state index < -0.39 is 14.6 Å². The Balaban J connectivity index is 2.25. The zero-order valence-corrected chi connectivity index (χ0v) is 11.7. The van der Waals surface area contributed by atoms with Gasteiger partial charge in [0.1, 0.15) is 4.75 Å². The third kappa shape index (κ3) is 2.42. The lowest BCUT2D eigenvalue weighted by molar-refractivity contribution is 0.337. The van der Waals surface area contributed by atoms with Gasteiger partial charge in [0, 0.05) is 12.2 Å². The van der Waals surface area contributed by atoms with Gasteiger partial charge in [-0.2, -0.15) is 4.98 Å². The van der Waals surface area contributed by atoms with Crippen LogP contribution in [0.25, 0.3) is 0 Å². The smallest absolute Gasteiger partial charge is 0.247 e. The number of nitrogens with zero attached hydrogens (tertiary/aromatic N) is 2. The summed E-state index contributed by atoms with van der Waals surface area (Å²) >= 11 is 0. The molecule has 0 saturated carbocycles. The largest absolute Gasteiger partial charge is 0.338 e. The summed E-state index contributed by atoms with van der Waals surface area (Å²) in [4.78, 5) is 4.29. The molecule has 0 atom stereocenters. The van der Waals surface area contributed by atoms with Crippen LogP contribution in [0, 0.1) is 0 Å². The molecule has 1 N–H and O–H groups in total. The molecule has 1 aromatic rings. The zero-order valence-electron chi connectivity index (χ0n) is 10.9. The van der Waals surface area contributed by atoms with Crippen LogP contribution in [0.15, 0.2) is 4.52 Å². The molecule has 0 bridgehead atoms. The van der Waals surface area contributed by atoms with Crippen molar-refractivity contribution in [1.29, 1.82) is 0 Å². The fourth-order valence-electron chi connectivity index (χ4n) is 1.88. The summed E-state index contributed by atoms with van der Waals surface area (Å²) in [6.45, 7) is 5.04. The summed E-state index contributed by atoms with van der Waals surface area (Å²) in [5.41, 5.74) is 0. The molecule has 102 valence electrons. The van der Waals surface area contributed by atoms with Gasteiger partial charge in [0.25, 0.3) is 0 Å². The number of nitrogens with one attached hydrogen (secondary N) is 1. The van der Waals surface area contributed by atoms with Crippen molar-refractivity contribution < 1.29 is 12.9 Å². The van der Waals surface area contributed by atoms with E-state index in [1.54, 1.807) is 13.8 Å². The van der Waals surface area contributed by atoms with Crippen LogP contribution in [0.4, 0.5) is 0 Å². The highest BCUT2D eigenvalue weighted by molar-refractivity contribution is 7.91. The van der Waals surface area contributed by atoms with Crippen molar-refractivity contribution in [2.24, 2.45) is 0 Å². The molecule has 1 fully saturated rings. The Kier molecular flexibility index (Phi) is 3.46. The summed E-state index contributed by atoms with van der Waals surface area (Å²) in [6.07, 6.45) is 3.10. The lowest BCUT2D eigenvalue weighted by Crippen LogP contribution is -2.29. The highest BCUT2D eigenvalue weighted by Gasteiger charge is 2.38. The van der Waals surface area contributed by atoms with Gasteiger partial charge in [-0.25, -0.2) is 8.42 Å². The molecule has 6 nitrogen and oxygen atoms in total. The Morgan fingerprint density at radius 1 is 1.33 bits per heavy atom. The molecule has 0 spiro atoms. The number of hydrogen-bond donors (Lipinski definition) is 1. The molecule has 0 amide bonds. The minimum Gasteiger partial charge on any atom is -0.338 e. The topological polar surface area (TPSA) is 85.1 Å². The predicted molar refractivity (Wildman–Crippen MR) is 67.0 cm³/mol. The molecule has 0 aromatic carbocycles. The average molecular weight is 273 g/mol. The molecule has 0 aliphatic carbocycles. The van der Waals surface area contributed by atoms with Gasteiger partial charge in [0.05, 0.1) is 0 Å². The Morgan fingerprint density at radius 3 is 2.50 bits per heavy atom. The van der Waals surface area contributed by atoms with Gasteiger partial charge in [-0.1, -0.05) is 5.16 Å². The minimum atomic E-state index is -3.28. The van der Waals surface area contributed by atoms with E-state index >= 15 is 0 Å². The molecular formula is C11H19N3O3S. The first-order valence-electron chi connectivity index (χ1n) is 6.07. The van der Waals surface area contributed by atoms with Crippen LogP contribution in [0.1, 0.15) is 44.3 Å². The number of piperidine rings is 1. The zero-order chi connectivity index (χ0) is 13.4. The van der Waals surface area contributed by atoms with Crippen LogP contribution in [-0.4, -0.2) is 37.9 Å². The highest BCUT2D eigenvalue weighted by atomic mass is 32.2. The Labute approximate surface area is 107 Å². The summed E-state index contributed by atoms with van der Waals surface area (Å²) in [7, 11) is -3.28. The van der Waals surface area contributed by atoms with Crippen molar-refractivity contribution in [3.8, 4) is 0 Å². The van der Waals surface area contributed by atoms with E-state index in [1.165, 1.54) is 6.26 Å². The van der Waals surface area contributed by atoms with E-state index in [1.807, 2.05) is 0 Å². The van der Waals surface area contributed by atoms with Crippen molar-refractivity contribution in [2.45, 2.75) is 37.4 Å². The Bertz CT molecular complexity index is 515. The highest BCUT2D eigenvalue weighted by Crippen LogP contribution is 2.30. The maximum atomic E-state index is 11.7. The van der Waals surface area contributed by atoms with Crippen molar-refractivity contribution in [1.82, 2.24) is 15.5 Å². The second-order valence-electron chi connectivity index (χ2n) is 5.26. The molecule has 1 aliphatic rings. The molecule has 0 radical (unpaired) electrons. The fraction of sp³-hybridized carbons (Fsp3) is 0.818. The second kappa shape index (κ2) is 4.62. The fourth-order valence-corrected chi connectivity index (χ4v) is 2.28. The van der Waals surface area contributed by atoms with Crippen molar-refractivity contribution in [3.05, 3.63) is 11.7 Å². The van der Waals surface area contributed by atoms with E-state index in [0.717, 1.165) is 25.9 Å². The summed E-state index contributed by atoms with van der Waals surface area (Å²) < 4.78 is 27.4. The van der Waals surface area contributed by atoms with Crippen molar-refractivity contribution in [2.75, 3.05) is 19.3 Å². The number of rotatable bonds is 3. The molecular weight excluding hydrogens is 254 g/mol. The molecule has 0 unspecified atom stereocenters. The summed E-state index contributed by atoms with van der Waals surface area (Å²) in [5.74, 6) is 1.07. The van der Waals surface area contributed by atoms with Crippen LogP contribution in [0.2, 0.25) is 0 Å². The van der Waals surface area contributed by atoms with Crippen molar-refractivity contribution >= 4 is 9.84 Å². The van der Waals surface area contributed by atoms with E-state index in [0.29, 0.717) is 5.82 Å². The van der Waals surface area contributed by atoms with Gasteiger partial charge in [-0.3, -0.25) is 0 Å². The monoisotopic (exact) mass is 273 g/mol. The first-order valence-corrected chi connectivity index (χ1v) is 7.96. The van der Waals surface area contributed by atoms with Gasteiger partial charge in [-0.05, 0) is 39.8 Å².